The van der Waals surface area contributed by atoms with Gasteiger partial charge in [-0.05, 0) is 18.6 Å². The van der Waals surface area contributed by atoms with Crippen molar-refractivity contribution in [1.29, 1.82) is 0 Å². The lowest BCUT2D eigenvalue weighted by atomic mass is 10.3. The van der Waals surface area contributed by atoms with Gasteiger partial charge in [-0.1, -0.05) is 13.8 Å². The standard InChI is InChI=1S/C7H16OS/c1-3-5-9-6-7(8)4-2/h7-8H,3-6H2,1-2H3/t7-/m1/s1. The van der Waals surface area contributed by atoms with Gasteiger partial charge in [0.15, 0.2) is 0 Å². The molecule has 0 aromatic carbocycles. The fourth-order valence-electron chi connectivity index (χ4n) is 0.482. The van der Waals surface area contributed by atoms with E-state index >= 15 is 0 Å². The SMILES string of the molecule is CCCSC[C@H](O)CC. The van der Waals surface area contributed by atoms with Crippen molar-refractivity contribution in [2.24, 2.45) is 0 Å². The fraction of sp³-hybridized carbons (Fsp3) is 1.00. The molecule has 2 heteroatoms. The fourth-order valence-corrected chi connectivity index (χ4v) is 1.44. The summed E-state index contributed by atoms with van der Waals surface area (Å²) < 4.78 is 0. The topological polar surface area (TPSA) is 20.2 Å². The van der Waals surface area contributed by atoms with Crippen LogP contribution < -0.4 is 0 Å². The molecule has 0 saturated heterocycles. The third-order valence-electron chi connectivity index (χ3n) is 1.13. The van der Waals surface area contributed by atoms with E-state index < -0.39 is 0 Å². The molecule has 0 radical (unpaired) electrons. The van der Waals surface area contributed by atoms with Crippen molar-refractivity contribution in [3.63, 3.8) is 0 Å². The number of thioether (sulfide) groups is 1. The van der Waals surface area contributed by atoms with Gasteiger partial charge in [0.25, 0.3) is 0 Å². The van der Waals surface area contributed by atoms with Gasteiger partial charge >= 0.3 is 0 Å². The van der Waals surface area contributed by atoms with Crippen molar-refractivity contribution in [1.82, 2.24) is 0 Å². The average Bonchev–Trinajstić information content (AvgIpc) is 1.89. The minimum Gasteiger partial charge on any atom is -0.392 e. The highest BCUT2D eigenvalue weighted by molar-refractivity contribution is 7.99. The van der Waals surface area contributed by atoms with Gasteiger partial charge in [-0.25, -0.2) is 0 Å². The van der Waals surface area contributed by atoms with Gasteiger partial charge in [-0.2, -0.15) is 11.8 Å². The summed E-state index contributed by atoms with van der Waals surface area (Å²) in [6.45, 7) is 4.17. The normalized spacial score (nSPS) is 13.7. The zero-order valence-corrected chi connectivity index (χ0v) is 7.08. The lowest BCUT2D eigenvalue weighted by Gasteiger charge is -2.04. The van der Waals surface area contributed by atoms with E-state index in [0.717, 1.165) is 12.2 Å². The summed E-state index contributed by atoms with van der Waals surface area (Å²) in [5.74, 6) is 2.08. The molecule has 0 aromatic rings. The van der Waals surface area contributed by atoms with Crippen LogP contribution in [0.15, 0.2) is 0 Å². The van der Waals surface area contributed by atoms with Crippen LogP contribution in [0, 0.1) is 0 Å². The maximum absolute atomic E-state index is 9.06. The Labute approximate surface area is 61.8 Å². The van der Waals surface area contributed by atoms with Crippen molar-refractivity contribution in [2.75, 3.05) is 11.5 Å². The molecule has 0 rings (SSSR count). The Balaban J connectivity index is 2.88. The highest BCUT2D eigenvalue weighted by atomic mass is 32.2. The van der Waals surface area contributed by atoms with Crippen molar-refractivity contribution in [2.45, 2.75) is 32.8 Å². The van der Waals surface area contributed by atoms with Crippen molar-refractivity contribution in [3.8, 4) is 0 Å². The van der Waals surface area contributed by atoms with E-state index in [-0.39, 0.29) is 6.10 Å². The Morgan fingerprint density at radius 1 is 1.44 bits per heavy atom. The number of aliphatic hydroxyl groups excluding tert-OH is 1. The smallest absolute Gasteiger partial charge is 0.0628 e. The molecule has 1 N–H and O–H groups in total. The van der Waals surface area contributed by atoms with Gasteiger partial charge in [-0.3, -0.25) is 0 Å². The Morgan fingerprint density at radius 3 is 2.56 bits per heavy atom. The van der Waals surface area contributed by atoms with Gasteiger partial charge in [0.05, 0.1) is 6.10 Å². The van der Waals surface area contributed by atoms with Gasteiger partial charge in [0.1, 0.15) is 0 Å². The first-order chi connectivity index (χ1) is 4.31. The molecule has 0 aliphatic carbocycles. The van der Waals surface area contributed by atoms with Crippen molar-refractivity contribution < 1.29 is 5.11 Å². The Hall–Kier alpha value is 0.310. The van der Waals surface area contributed by atoms with E-state index in [0.29, 0.717) is 0 Å². The van der Waals surface area contributed by atoms with Crippen LogP contribution >= 0.6 is 11.8 Å². The molecule has 0 bridgehead atoms. The number of hydrogen-bond donors (Lipinski definition) is 1. The third kappa shape index (κ3) is 6.19. The van der Waals surface area contributed by atoms with E-state index in [1.165, 1.54) is 12.2 Å². The van der Waals surface area contributed by atoms with Gasteiger partial charge in [0.2, 0.25) is 0 Å². The predicted molar refractivity (Wildman–Crippen MR) is 43.9 cm³/mol. The number of aliphatic hydroxyl groups is 1. The van der Waals surface area contributed by atoms with Gasteiger partial charge in [0, 0.05) is 5.75 Å². The molecule has 0 saturated carbocycles. The van der Waals surface area contributed by atoms with Crippen LogP contribution in [0.25, 0.3) is 0 Å². The van der Waals surface area contributed by atoms with E-state index in [4.69, 9.17) is 5.11 Å². The summed E-state index contributed by atoms with van der Waals surface area (Å²) >= 11 is 1.84. The van der Waals surface area contributed by atoms with Crippen LogP contribution in [0.2, 0.25) is 0 Å². The summed E-state index contributed by atoms with van der Waals surface area (Å²) in [6.07, 6.45) is 2.01. The molecule has 0 aliphatic rings. The Kier molecular flexibility index (Phi) is 6.65. The highest BCUT2D eigenvalue weighted by Gasteiger charge is 1.97. The second kappa shape index (κ2) is 6.43. The molecular formula is C7H16OS. The van der Waals surface area contributed by atoms with Crippen molar-refractivity contribution in [3.05, 3.63) is 0 Å². The lowest BCUT2D eigenvalue weighted by molar-refractivity contribution is 0.195. The molecule has 0 fully saturated rings. The van der Waals surface area contributed by atoms with E-state index in [1.807, 2.05) is 18.7 Å². The minimum atomic E-state index is -0.0819. The number of rotatable bonds is 5. The highest BCUT2D eigenvalue weighted by Crippen LogP contribution is 2.05. The first-order valence-electron chi connectivity index (χ1n) is 3.57. The summed E-state index contributed by atoms with van der Waals surface area (Å²) in [4.78, 5) is 0. The van der Waals surface area contributed by atoms with Gasteiger partial charge in [-0.15, -0.1) is 0 Å². The first-order valence-corrected chi connectivity index (χ1v) is 4.72. The summed E-state index contributed by atoms with van der Waals surface area (Å²) in [6, 6.07) is 0. The maximum atomic E-state index is 9.06. The van der Waals surface area contributed by atoms with Crippen LogP contribution in [-0.4, -0.2) is 22.7 Å². The molecule has 0 aromatic heterocycles. The largest absolute Gasteiger partial charge is 0.392 e. The molecule has 1 atom stereocenters. The second-order valence-corrected chi connectivity index (χ2v) is 3.29. The zero-order valence-electron chi connectivity index (χ0n) is 6.26. The molecule has 0 amide bonds. The third-order valence-corrected chi connectivity index (χ3v) is 2.45. The van der Waals surface area contributed by atoms with Crippen molar-refractivity contribution >= 4 is 11.8 Å². The molecule has 0 heterocycles. The lowest BCUT2D eigenvalue weighted by Crippen LogP contribution is -2.07. The van der Waals surface area contributed by atoms with E-state index in [9.17, 15) is 0 Å². The van der Waals surface area contributed by atoms with Crippen LogP contribution in [-0.2, 0) is 0 Å². The molecular weight excluding hydrogens is 132 g/mol. The van der Waals surface area contributed by atoms with Crippen LogP contribution in [0.4, 0.5) is 0 Å². The van der Waals surface area contributed by atoms with E-state index in [1.54, 1.807) is 0 Å². The van der Waals surface area contributed by atoms with Gasteiger partial charge < -0.3 is 5.11 Å². The minimum absolute atomic E-state index is 0.0819. The predicted octanol–water partition coefficient (Wildman–Crippen LogP) is 1.90. The molecule has 56 valence electrons. The molecule has 0 unspecified atom stereocenters. The first kappa shape index (κ1) is 9.31. The van der Waals surface area contributed by atoms with Crippen LogP contribution in [0.3, 0.4) is 0 Å². The van der Waals surface area contributed by atoms with Crippen LogP contribution in [0.5, 0.6) is 0 Å². The molecule has 0 spiro atoms. The summed E-state index contributed by atoms with van der Waals surface area (Å²) in [7, 11) is 0. The summed E-state index contributed by atoms with van der Waals surface area (Å²) in [5.41, 5.74) is 0. The Morgan fingerprint density at radius 2 is 2.11 bits per heavy atom. The summed E-state index contributed by atoms with van der Waals surface area (Å²) in [5, 5.41) is 9.06. The number of hydrogen-bond acceptors (Lipinski definition) is 2. The quantitative estimate of drug-likeness (QED) is 0.601. The second-order valence-electron chi connectivity index (χ2n) is 2.14. The van der Waals surface area contributed by atoms with E-state index in [2.05, 4.69) is 6.92 Å². The average molecular weight is 148 g/mol. The molecule has 9 heavy (non-hydrogen) atoms. The Bertz CT molecular complexity index is 56.9. The monoisotopic (exact) mass is 148 g/mol. The maximum Gasteiger partial charge on any atom is 0.0628 e. The van der Waals surface area contributed by atoms with Crippen LogP contribution in [0.1, 0.15) is 26.7 Å². The zero-order chi connectivity index (χ0) is 7.11. The molecule has 0 aliphatic heterocycles. The molecule has 1 nitrogen and oxygen atoms in total.